The molecule has 1 aromatic heterocycles. The first-order valence-electron chi connectivity index (χ1n) is 5.50. The molecule has 3 nitrogen and oxygen atoms in total. The summed E-state index contributed by atoms with van der Waals surface area (Å²) < 4.78 is 1.65. The Morgan fingerprint density at radius 1 is 1.56 bits per heavy atom. The minimum Gasteiger partial charge on any atom is -0.393 e. The van der Waals surface area contributed by atoms with Gasteiger partial charge >= 0.3 is 0 Å². The van der Waals surface area contributed by atoms with Crippen molar-refractivity contribution in [1.82, 2.24) is 9.78 Å². The maximum absolute atomic E-state index is 9.88. The van der Waals surface area contributed by atoms with Crippen LogP contribution in [0.2, 0.25) is 5.15 Å². The highest BCUT2D eigenvalue weighted by atomic mass is 35.5. The zero-order chi connectivity index (χ0) is 12.1. The van der Waals surface area contributed by atoms with Gasteiger partial charge in [-0.3, -0.25) is 4.68 Å². The summed E-state index contributed by atoms with van der Waals surface area (Å²) in [5.74, 6) is 2.09. The molecule has 0 saturated heterocycles. The van der Waals surface area contributed by atoms with Crippen molar-refractivity contribution in [3.63, 3.8) is 0 Å². The maximum atomic E-state index is 9.88. The smallest absolute Gasteiger partial charge is 0.130 e. The standard InChI is InChI=1S/C11H19ClN2OS/c1-4-16-6-5-9(15)7-10-8(2)13-14(3)11(10)12/h9,15H,4-7H2,1-3H3. The lowest BCUT2D eigenvalue weighted by atomic mass is 10.1. The third kappa shape index (κ3) is 3.68. The van der Waals surface area contributed by atoms with Crippen molar-refractivity contribution in [3.8, 4) is 0 Å². The van der Waals surface area contributed by atoms with Gasteiger partial charge in [-0.2, -0.15) is 16.9 Å². The molecule has 0 amide bonds. The van der Waals surface area contributed by atoms with Crippen molar-refractivity contribution in [2.45, 2.75) is 32.8 Å². The van der Waals surface area contributed by atoms with Gasteiger partial charge in [-0.1, -0.05) is 18.5 Å². The lowest BCUT2D eigenvalue weighted by Crippen LogP contribution is -2.12. The lowest BCUT2D eigenvalue weighted by Gasteiger charge is -2.09. The predicted octanol–water partition coefficient (Wildman–Crippen LogP) is 2.43. The van der Waals surface area contributed by atoms with E-state index in [2.05, 4.69) is 12.0 Å². The molecule has 1 N–H and O–H groups in total. The van der Waals surface area contributed by atoms with Crippen LogP contribution >= 0.6 is 23.4 Å². The van der Waals surface area contributed by atoms with E-state index in [0.717, 1.165) is 29.2 Å². The number of aliphatic hydroxyl groups excluding tert-OH is 1. The van der Waals surface area contributed by atoms with Crippen LogP contribution in [0.3, 0.4) is 0 Å². The van der Waals surface area contributed by atoms with E-state index in [4.69, 9.17) is 11.6 Å². The fourth-order valence-corrected chi connectivity index (χ4v) is 2.59. The first kappa shape index (κ1) is 13.9. The number of thioether (sulfide) groups is 1. The van der Waals surface area contributed by atoms with Gasteiger partial charge in [0.2, 0.25) is 0 Å². The molecule has 1 unspecified atom stereocenters. The SMILES string of the molecule is CCSCCC(O)Cc1c(C)nn(C)c1Cl. The number of aryl methyl sites for hydroxylation is 2. The molecular weight excluding hydrogens is 244 g/mol. The van der Waals surface area contributed by atoms with Gasteiger partial charge in [0.1, 0.15) is 5.15 Å². The average molecular weight is 263 g/mol. The Bertz CT molecular complexity index is 341. The molecule has 0 radical (unpaired) electrons. The summed E-state index contributed by atoms with van der Waals surface area (Å²) in [5, 5.41) is 14.7. The molecule has 0 bridgehead atoms. The Labute approximate surface area is 106 Å². The Kier molecular flexibility index (Phi) is 5.66. The van der Waals surface area contributed by atoms with Crippen LogP contribution in [0, 0.1) is 6.92 Å². The third-order valence-electron chi connectivity index (χ3n) is 2.51. The summed E-state index contributed by atoms with van der Waals surface area (Å²) in [4.78, 5) is 0. The highest BCUT2D eigenvalue weighted by Crippen LogP contribution is 2.21. The Morgan fingerprint density at radius 2 is 2.25 bits per heavy atom. The molecule has 92 valence electrons. The molecule has 0 aliphatic carbocycles. The fraction of sp³-hybridized carbons (Fsp3) is 0.727. The molecule has 1 aromatic rings. The van der Waals surface area contributed by atoms with Gasteiger partial charge in [0.05, 0.1) is 11.8 Å². The van der Waals surface area contributed by atoms with Crippen LogP contribution in [-0.2, 0) is 13.5 Å². The van der Waals surface area contributed by atoms with Crippen molar-refractivity contribution in [2.24, 2.45) is 7.05 Å². The van der Waals surface area contributed by atoms with E-state index in [0.29, 0.717) is 11.6 Å². The van der Waals surface area contributed by atoms with Crippen LogP contribution in [-0.4, -0.2) is 32.5 Å². The second kappa shape index (κ2) is 6.52. The highest BCUT2D eigenvalue weighted by Gasteiger charge is 2.15. The monoisotopic (exact) mass is 262 g/mol. The second-order valence-electron chi connectivity index (χ2n) is 3.82. The van der Waals surface area contributed by atoms with Crippen LogP contribution in [0.5, 0.6) is 0 Å². The second-order valence-corrected chi connectivity index (χ2v) is 5.57. The van der Waals surface area contributed by atoms with Crippen molar-refractivity contribution >= 4 is 23.4 Å². The lowest BCUT2D eigenvalue weighted by molar-refractivity contribution is 0.172. The van der Waals surface area contributed by atoms with Gasteiger partial charge in [-0.15, -0.1) is 0 Å². The van der Waals surface area contributed by atoms with E-state index in [9.17, 15) is 5.11 Å². The molecule has 0 fully saturated rings. The molecule has 0 spiro atoms. The van der Waals surface area contributed by atoms with Crippen LogP contribution in [0.1, 0.15) is 24.6 Å². The van der Waals surface area contributed by atoms with Crippen LogP contribution in [0.4, 0.5) is 0 Å². The molecule has 0 aliphatic rings. The van der Waals surface area contributed by atoms with Gasteiger partial charge in [0.25, 0.3) is 0 Å². The number of halogens is 1. The summed E-state index contributed by atoms with van der Waals surface area (Å²) in [6, 6.07) is 0. The number of rotatable bonds is 6. The summed E-state index contributed by atoms with van der Waals surface area (Å²) >= 11 is 7.95. The Morgan fingerprint density at radius 3 is 2.75 bits per heavy atom. The van der Waals surface area contributed by atoms with Crippen LogP contribution < -0.4 is 0 Å². The third-order valence-corrected chi connectivity index (χ3v) is 3.91. The zero-order valence-electron chi connectivity index (χ0n) is 10.0. The molecule has 1 rings (SSSR count). The maximum Gasteiger partial charge on any atom is 0.130 e. The van der Waals surface area contributed by atoms with Gasteiger partial charge in [0.15, 0.2) is 0 Å². The largest absolute Gasteiger partial charge is 0.393 e. The molecule has 1 heterocycles. The highest BCUT2D eigenvalue weighted by molar-refractivity contribution is 7.99. The molecule has 0 saturated carbocycles. The topological polar surface area (TPSA) is 38.1 Å². The molecular formula is C11H19ClN2OS. The van der Waals surface area contributed by atoms with E-state index in [-0.39, 0.29) is 6.10 Å². The van der Waals surface area contributed by atoms with E-state index in [1.54, 1.807) is 4.68 Å². The van der Waals surface area contributed by atoms with Gasteiger partial charge in [0, 0.05) is 19.0 Å². The number of aliphatic hydroxyl groups is 1. The molecule has 0 aliphatic heterocycles. The van der Waals surface area contributed by atoms with Crippen LogP contribution in [0.25, 0.3) is 0 Å². The first-order chi connectivity index (χ1) is 7.56. The molecule has 1 atom stereocenters. The van der Waals surface area contributed by atoms with Gasteiger partial charge in [-0.25, -0.2) is 0 Å². The minimum absolute atomic E-state index is 0.320. The summed E-state index contributed by atoms with van der Waals surface area (Å²) in [5.41, 5.74) is 1.88. The van der Waals surface area contributed by atoms with E-state index in [1.807, 2.05) is 25.7 Å². The Hall–Kier alpha value is -0.190. The summed E-state index contributed by atoms with van der Waals surface area (Å²) in [6.07, 6.45) is 1.09. The first-order valence-corrected chi connectivity index (χ1v) is 7.03. The zero-order valence-corrected chi connectivity index (χ0v) is 11.6. The van der Waals surface area contributed by atoms with E-state index in [1.165, 1.54) is 0 Å². The van der Waals surface area contributed by atoms with Crippen molar-refractivity contribution in [2.75, 3.05) is 11.5 Å². The van der Waals surface area contributed by atoms with E-state index < -0.39 is 0 Å². The number of nitrogens with zero attached hydrogens (tertiary/aromatic N) is 2. The van der Waals surface area contributed by atoms with Crippen LogP contribution in [0.15, 0.2) is 0 Å². The van der Waals surface area contributed by atoms with Crippen molar-refractivity contribution in [3.05, 3.63) is 16.4 Å². The average Bonchev–Trinajstić information content (AvgIpc) is 2.46. The number of hydrogen-bond acceptors (Lipinski definition) is 3. The summed E-state index contributed by atoms with van der Waals surface area (Å²) in [7, 11) is 1.82. The molecule has 0 aromatic carbocycles. The summed E-state index contributed by atoms with van der Waals surface area (Å²) in [6.45, 7) is 4.05. The number of aromatic nitrogens is 2. The van der Waals surface area contributed by atoms with Crippen molar-refractivity contribution < 1.29 is 5.11 Å². The fourth-order valence-electron chi connectivity index (χ4n) is 1.61. The van der Waals surface area contributed by atoms with E-state index >= 15 is 0 Å². The molecule has 16 heavy (non-hydrogen) atoms. The number of hydrogen-bond donors (Lipinski definition) is 1. The molecule has 5 heteroatoms. The van der Waals surface area contributed by atoms with Gasteiger partial charge in [-0.05, 0) is 24.9 Å². The predicted molar refractivity (Wildman–Crippen MR) is 70.3 cm³/mol. The minimum atomic E-state index is -0.320. The Balaban J connectivity index is 2.52. The van der Waals surface area contributed by atoms with Crippen molar-refractivity contribution in [1.29, 1.82) is 0 Å². The normalized spacial score (nSPS) is 13.1. The van der Waals surface area contributed by atoms with Gasteiger partial charge < -0.3 is 5.11 Å². The quantitative estimate of drug-likeness (QED) is 0.801.